The third-order valence-electron chi connectivity index (χ3n) is 22.8. The Morgan fingerprint density at radius 3 is 1.08 bits per heavy atom. The first kappa shape index (κ1) is 112. The van der Waals surface area contributed by atoms with E-state index in [9.17, 15) is 41.1 Å². The molecule has 0 amide bonds. The van der Waals surface area contributed by atoms with Gasteiger partial charge in [-0.05, 0) is 263 Å². The Balaban J connectivity index is -0.000000605. The Bertz CT molecular complexity index is 3520. The predicted molar refractivity (Wildman–Crippen MR) is 462 cm³/mol. The van der Waals surface area contributed by atoms with E-state index >= 15 is 0 Å². The van der Waals surface area contributed by atoms with E-state index in [2.05, 4.69) is 118 Å². The van der Waals surface area contributed by atoms with Crippen molar-refractivity contribution in [2.45, 2.75) is 364 Å². The maximum Gasteiger partial charge on any atom is 1.00 e. The van der Waals surface area contributed by atoms with Gasteiger partial charge in [0.15, 0.2) is 31.2 Å². The van der Waals surface area contributed by atoms with Gasteiger partial charge < -0.3 is 31.7 Å². The van der Waals surface area contributed by atoms with Crippen LogP contribution in [0.4, 0.5) is 0 Å². The molecule has 1 unspecified atom stereocenters. The van der Waals surface area contributed by atoms with Crippen LogP contribution >= 0.6 is 0 Å². The van der Waals surface area contributed by atoms with Crippen LogP contribution in [-0.2, 0) is 48.3 Å². The van der Waals surface area contributed by atoms with Crippen molar-refractivity contribution in [2.24, 2.45) is 32.5 Å². The Kier molecular flexibility index (Phi) is 53.8. The standard InChI is InChI=1S/C18H26O3S.C16H22O2S.C14H22O3.C14H24O2.C12H20O2.C12H22O.C4H9.4CH4.Li/c1-14-8-7-12-18(2,3)17(14)16(11-13-19)22(20,21)15-9-5-4-6-10-15;1-13-8-7-11-16(2,3)15(13)12-19(17,18)14-9-5-4-6-10-14;1-10-12(6-5-9-17-11(2)15)14(3,4)8-7-13(10)16;1-11-7-5-9-14(3,4)13(11)8-6-10-16-12(2)15;1-9-10(5-4-8-13)12(2,3)7-6-11(9)14;1-10-6-4-8-12(2,3)11(10)7-5-9-13;1-3-4-2;;;;;/h4-6,9-10,16,19H,7-8,11-13H2,1-3H3;4-6,9-10H,7-8,11-12H2,1-3H3;5-9H2,1-4H3;5-10H2,1-4H3;13H,4-8H2,1-3H3;13H,4-9H2,1-3H3;1,3-4H2,2H3;4*1H4;/q;;;;;;-1;;;;;+1. The van der Waals surface area contributed by atoms with Gasteiger partial charge in [0.1, 0.15) is 0 Å². The zero-order valence-corrected chi connectivity index (χ0v) is 72.3. The zero-order chi connectivity index (χ0) is 79.8. The molecule has 0 aromatic heterocycles. The number of benzene rings is 2. The van der Waals surface area contributed by atoms with E-state index in [0.29, 0.717) is 53.3 Å². The summed E-state index contributed by atoms with van der Waals surface area (Å²) in [6.45, 7) is 49.1. The summed E-state index contributed by atoms with van der Waals surface area (Å²) < 4.78 is 61.1. The molecule has 13 nitrogen and oxygen atoms in total. The third-order valence-corrected chi connectivity index (χ3v) is 26.6. The average molecular weight is 1570 g/mol. The minimum Gasteiger partial charge on any atom is -0.466 e. The number of esters is 2. The van der Waals surface area contributed by atoms with Crippen molar-refractivity contribution in [1.29, 1.82) is 0 Å². The molecule has 2 aromatic rings. The van der Waals surface area contributed by atoms with Crippen LogP contribution in [0.5, 0.6) is 0 Å². The number of allylic oxidation sites excluding steroid dienone is 10. The number of carbonyl (C=O) groups excluding carboxylic acids is 4. The van der Waals surface area contributed by atoms with Gasteiger partial charge in [-0.25, -0.2) is 16.8 Å². The molecule has 1 atom stereocenters. The maximum atomic E-state index is 13.1. The summed E-state index contributed by atoms with van der Waals surface area (Å²) in [5.41, 5.74) is 16.1. The van der Waals surface area contributed by atoms with Gasteiger partial charge in [-0.2, -0.15) is 6.42 Å². The summed E-state index contributed by atoms with van der Waals surface area (Å²) in [6.07, 6.45) is 27.1. The van der Waals surface area contributed by atoms with Gasteiger partial charge in [0, 0.05) is 46.5 Å². The van der Waals surface area contributed by atoms with Crippen molar-refractivity contribution in [3.8, 4) is 0 Å². The van der Waals surface area contributed by atoms with Gasteiger partial charge in [-0.1, -0.05) is 213 Å². The zero-order valence-electron chi connectivity index (χ0n) is 70.6. The van der Waals surface area contributed by atoms with E-state index in [-0.39, 0.29) is 119 Å². The molecule has 16 heteroatoms. The van der Waals surface area contributed by atoms with Gasteiger partial charge >= 0.3 is 30.8 Å². The molecule has 0 heterocycles. The first-order valence-electron chi connectivity index (χ1n) is 39.6. The van der Waals surface area contributed by atoms with E-state index in [1.54, 1.807) is 70.8 Å². The summed E-state index contributed by atoms with van der Waals surface area (Å²) in [6, 6.07) is 17.4. The Hall–Kier alpha value is -4.46. The fraction of sp³-hybridized carbons (Fsp3) is 0.691. The fourth-order valence-corrected chi connectivity index (χ4v) is 20.3. The summed E-state index contributed by atoms with van der Waals surface area (Å²) >= 11 is 0. The number of sulfone groups is 2. The topological polar surface area (TPSA) is 216 Å². The summed E-state index contributed by atoms with van der Waals surface area (Å²) in [5.74, 6) is 0.308. The molecule has 0 saturated heterocycles. The number of Topliss-reactive ketones (excluding diaryl/α,β-unsaturated/α-hetero) is 2. The second-order valence-electron chi connectivity index (χ2n) is 34.1. The Morgan fingerprint density at radius 1 is 0.445 bits per heavy atom. The molecule has 0 saturated carbocycles. The smallest absolute Gasteiger partial charge is 0.466 e. The molecule has 6 aliphatic carbocycles. The number of aliphatic hydroxyl groups excluding tert-OH is 3. The monoisotopic (exact) mass is 1570 g/mol. The number of ether oxygens (including phenoxy) is 2. The van der Waals surface area contributed by atoms with Crippen LogP contribution in [0.1, 0.15) is 348 Å². The van der Waals surface area contributed by atoms with E-state index in [4.69, 9.17) is 19.7 Å². The van der Waals surface area contributed by atoms with Crippen LogP contribution in [0, 0.1) is 39.4 Å². The molecule has 0 aliphatic heterocycles. The van der Waals surface area contributed by atoms with Crippen molar-refractivity contribution in [3.63, 3.8) is 0 Å². The number of carbonyl (C=O) groups is 4. The quantitative estimate of drug-likeness (QED) is 0.0311. The van der Waals surface area contributed by atoms with Crippen molar-refractivity contribution in [2.75, 3.05) is 38.8 Å². The molecule has 0 bridgehead atoms. The van der Waals surface area contributed by atoms with Crippen LogP contribution in [0.2, 0.25) is 0 Å². The van der Waals surface area contributed by atoms with Crippen LogP contribution in [0.15, 0.2) is 137 Å². The molecule has 3 N–H and O–H groups in total. The van der Waals surface area contributed by atoms with Crippen molar-refractivity contribution in [1.82, 2.24) is 0 Å². The van der Waals surface area contributed by atoms with Gasteiger partial charge in [-0.15, -0.1) is 0 Å². The molecule has 6 aliphatic rings. The molecule has 0 radical (unpaired) electrons. The minimum atomic E-state index is -3.48. The van der Waals surface area contributed by atoms with E-state index in [1.807, 2.05) is 32.9 Å². The number of hydrogen-bond acceptors (Lipinski definition) is 13. The largest absolute Gasteiger partial charge is 1.00 e. The number of hydrogen-bond donors (Lipinski definition) is 3. The van der Waals surface area contributed by atoms with Crippen LogP contribution in [-0.4, -0.2) is 99.7 Å². The molecule has 628 valence electrons. The average Bonchev–Trinajstić information content (AvgIpc) is 0.764. The SMILES string of the molecule is C.C.C.C.CC(=O)OCCCC1=C(C)C(=O)CCC1(C)C.CC(=O)OCCCC1=C(C)CCCC1(C)C.CC1=C(C(CCO)S(=O)(=O)c2ccccc2)C(C)(C)CCC1.CC1=C(CCCO)C(C)(C)CCC1.CC1=C(CCCO)C(C)(C)CCC1=O.CC1=C(CS(=O)(=O)c2ccccc2)C(C)(C)CCC1.[CH2-]CCC.[Li+]. The van der Waals surface area contributed by atoms with Crippen LogP contribution < -0.4 is 18.9 Å². The maximum absolute atomic E-state index is 13.1. The minimum absolute atomic E-state index is 0. The van der Waals surface area contributed by atoms with Crippen molar-refractivity contribution >= 4 is 43.2 Å². The second-order valence-corrected chi connectivity index (χ2v) is 38.2. The van der Waals surface area contributed by atoms with E-state index < -0.39 is 24.9 Å². The molecule has 0 spiro atoms. The third kappa shape index (κ3) is 36.6. The summed E-state index contributed by atoms with van der Waals surface area (Å²) in [5, 5.41) is 26.5. The van der Waals surface area contributed by atoms with Crippen molar-refractivity contribution < 1.29 is 79.7 Å². The first-order chi connectivity index (χ1) is 48.9. The van der Waals surface area contributed by atoms with Gasteiger partial charge in [0.05, 0.1) is 34.0 Å². The second kappa shape index (κ2) is 52.9. The number of rotatable bonds is 23. The van der Waals surface area contributed by atoms with Gasteiger partial charge in [-0.3, -0.25) is 19.2 Å². The fourth-order valence-electron chi connectivity index (χ4n) is 16.4. The summed E-state index contributed by atoms with van der Waals surface area (Å²) in [7, 11) is -6.71. The first-order valence-corrected chi connectivity index (χ1v) is 42.8. The number of ketones is 2. The molecule has 0 fully saturated rings. The summed E-state index contributed by atoms with van der Waals surface area (Å²) in [4.78, 5) is 45.3. The number of unbranched alkanes of at least 4 members (excludes halogenated alkanes) is 1. The van der Waals surface area contributed by atoms with Crippen LogP contribution in [0.3, 0.4) is 0 Å². The normalized spacial score (nSPS) is 18.9. The van der Waals surface area contributed by atoms with E-state index in [0.717, 1.165) is 131 Å². The van der Waals surface area contributed by atoms with E-state index in [1.165, 1.54) is 81.1 Å². The predicted octanol–water partition coefficient (Wildman–Crippen LogP) is 21.5. The molecular formula is C94H161LiO13S2. The number of aliphatic hydroxyl groups is 3. The Labute approximate surface area is 687 Å². The van der Waals surface area contributed by atoms with Gasteiger partial charge in [0.25, 0.3) is 0 Å². The molecule has 8 rings (SSSR count). The van der Waals surface area contributed by atoms with Gasteiger partial charge in [0.2, 0.25) is 0 Å². The van der Waals surface area contributed by atoms with Crippen LogP contribution in [0.25, 0.3) is 0 Å². The Morgan fingerprint density at radius 2 is 0.755 bits per heavy atom. The molecular weight excluding hydrogens is 1410 g/mol. The molecule has 110 heavy (non-hydrogen) atoms. The molecule has 2 aromatic carbocycles. The van der Waals surface area contributed by atoms with Crippen molar-refractivity contribution in [3.05, 3.63) is 134 Å².